The molecular weight excluding hydrogens is 268 g/mol. The van der Waals surface area contributed by atoms with Gasteiger partial charge in [0.25, 0.3) is 0 Å². The fourth-order valence-electron chi connectivity index (χ4n) is 1.91. The summed E-state index contributed by atoms with van der Waals surface area (Å²) >= 11 is 3.49. The Balaban J connectivity index is 2.26. The largest absolute Gasteiger partial charge is 0.374 e. The molecule has 0 aromatic rings. The second-order valence-corrected chi connectivity index (χ2v) is 5.88. The highest BCUT2D eigenvalue weighted by Gasteiger charge is 2.22. The highest BCUT2D eigenvalue weighted by atomic mass is 79.9. The zero-order valence-electron chi connectivity index (χ0n) is 10.8. The van der Waals surface area contributed by atoms with Crippen molar-refractivity contribution in [1.82, 2.24) is 10.2 Å². The molecule has 0 aliphatic carbocycles. The smallest absolute Gasteiger partial charge is 0.0826 e. The number of ether oxygens (including phenoxy) is 1. The van der Waals surface area contributed by atoms with Crippen LogP contribution in [0.5, 0.6) is 0 Å². The van der Waals surface area contributed by atoms with Gasteiger partial charge in [-0.3, -0.25) is 4.90 Å². The second-order valence-electron chi connectivity index (χ2n) is 5.09. The average molecular weight is 293 g/mol. The highest BCUT2D eigenvalue weighted by molar-refractivity contribution is 9.09. The van der Waals surface area contributed by atoms with Gasteiger partial charge in [0.15, 0.2) is 0 Å². The van der Waals surface area contributed by atoms with Crippen LogP contribution in [0.4, 0.5) is 0 Å². The highest BCUT2D eigenvalue weighted by Crippen LogP contribution is 2.11. The third kappa shape index (κ3) is 5.13. The van der Waals surface area contributed by atoms with Gasteiger partial charge >= 0.3 is 0 Å². The SMILES string of the molecule is CCN1CCOC(CNC(C)(C)CCBr)C1. The normalized spacial score (nSPS) is 23.6. The maximum absolute atomic E-state index is 5.77. The molecule has 1 N–H and O–H groups in total. The van der Waals surface area contributed by atoms with Crippen molar-refractivity contribution < 1.29 is 4.74 Å². The van der Waals surface area contributed by atoms with Crippen molar-refractivity contribution in [3.05, 3.63) is 0 Å². The van der Waals surface area contributed by atoms with Gasteiger partial charge < -0.3 is 10.1 Å². The minimum Gasteiger partial charge on any atom is -0.374 e. The molecule has 0 aromatic heterocycles. The maximum atomic E-state index is 5.77. The molecule has 1 heterocycles. The van der Waals surface area contributed by atoms with Crippen molar-refractivity contribution >= 4 is 15.9 Å². The van der Waals surface area contributed by atoms with Gasteiger partial charge in [-0.25, -0.2) is 0 Å². The fraction of sp³-hybridized carbons (Fsp3) is 1.00. The molecule has 0 aromatic carbocycles. The lowest BCUT2D eigenvalue weighted by molar-refractivity contribution is -0.0280. The molecule has 4 heteroatoms. The predicted octanol–water partition coefficient (Wildman–Crippen LogP) is 1.86. The first-order chi connectivity index (χ1) is 7.57. The molecule has 1 atom stereocenters. The molecule has 1 unspecified atom stereocenters. The van der Waals surface area contributed by atoms with Gasteiger partial charge in [-0.15, -0.1) is 0 Å². The van der Waals surface area contributed by atoms with E-state index in [2.05, 4.69) is 46.9 Å². The van der Waals surface area contributed by atoms with Crippen molar-refractivity contribution in [2.45, 2.75) is 38.8 Å². The number of alkyl halides is 1. The van der Waals surface area contributed by atoms with Crippen LogP contribution in [0.25, 0.3) is 0 Å². The van der Waals surface area contributed by atoms with E-state index < -0.39 is 0 Å². The van der Waals surface area contributed by atoms with Crippen LogP contribution in [0.15, 0.2) is 0 Å². The molecule has 0 saturated carbocycles. The van der Waals surface area contributed by atoms with Gasteiger partial charge in [-0.1, -0.05) is 22.9 Å². The third-order valence-electron chi connectivity index (χ3n) is 3.20. The maximum Gasteiger partial charge on any atom is 0.0826 e. The van der Waals surface area contributed by atoms with E-state index in [0.717, 1.165) is 44.5 Å². The second kappa shape index (κ2) is 6.94. The van der Waals surface area contributed by atoms with Gasteiger partial charge in [-0.05, 0) is 26.8 Å². The molecule has 0 amide bonds. The van der Waals surface area contributed by atoms with E-state index in [4.69, 9.17) is 4.74 Å². The van der Waals surface area contributed by atoms with Crippen molar-refractivity contribution in [3.8, 4) is 0 Å². The van der Waals surface area contributed by atoms with Crippen molar-refractivity contribution in [3.63, 3.8) is 0 Å². The zero-order valence-corrected chi connectivity index (χ0v) is 12.3. The molecule has 3 nitrogen and oxygen atoms in total. The molecule has 1 aliphatic heterocycles. The number of morpholine rings is 1. The average Bonchev–Trinajstić information content (AvgIpc) is 2.27. The van der Waals surface area contributed by atoms with E-state index in [1.54, 1.807) is 0 Å². The van der Waals surface area contributed by atoms with Gasteiger partial charge in [0.2, 0.25) is 0 Å². The summed E-state index contributed by atoms with van der Waals surface area (Å²) in [5.41, 5.74) is 0.196. The van der Waals surface area contributed by atoms with Gasteiger partial charge in [0.1, 0.15) is 0 Å². The van der Waals surface area contributed by atoms with Crippen LogP contribution >= 0.6 is 15.9 Å². The number of nitrogens with zero attached hydrogens (tertiary/aromatic N) is 1. The van der Waals surface area contributed by atoms with E-state index in [1.807, 2.05) is 0 Å². The molecule has 16 heavy (non-hydrogen) atoms. The first-order valence-corrected chi connectivity index (χ1v) is 7.34. The Kier molecular flexibility index (Phi) is 6.26. The van der Waals surface area contributed by atoms with Crippen LogP contribution in [-0.2, 0) is 4.74 Å². The van der Waals surface area contributed by atoms with Crippen LogP contribution in [0, 0.1) is 0 Å². The van der Waals surface area contributed by atoms with E-state index in [1.165, 1.54) is 0 Å². The fourth-order valence-corrected chi connectivity index (χ4v) is 2.90. The summed E-state index contributed by atoms with van der Waals surface area (Å²) < 4.78 is 5.77. The number of rotatable bonds is 6. The van der Waals surface area contributed by atoms with Gasteiger partial charge in [0.05, 0.1) is 12.7 Å². The van der Waals surface area contributed by atoms with Crippen LogP contribution in [0.2, 0.25) is 0 Å². The molecular formula is C12H25BrN2O. The van der Waals surface area contributed by atoms with Gasteiger partial charge in [-0.2, -0.15) is 0 Å². The Bertz CT molecular complexity index is 199. The van der Waals surface area contributed by atoms with Crippen LogP contribution in [0.3, 0.4) is 0 Å². The Morgan fingerprint density at radius 1 is 1.50 bits per heavy atom. The predicted molar refractivity (Wildman–Crippen MR) is 72.3 cm³/mol. The number of halogens is 1. The summed E-state index contributed by atoms with van der Waals surface area (Å²) in [5, 5.41) is 4.63. The van der Waals surface area contributed by atoms with Crippen molar-refractivity contribution in [1.29, 1.82) is 0 Å². The molecule has 1 saturated heterocycles. The molecule has 0 bridgehead atoms. The summed E-state index contributed by atoms with van der Waals surface area (Å²) in [5.74, 6) is 0. The van der Waals surface area contributed by atoms with Crippen molar-refractivity contribution in [2.75, 3.05) is 38.1 Å². The van der Waals surface area contributed by atoms with E-state index in [0.29, 0.717) is 6.10 Å². The number of likely N-dealkylation sites (N-methyl/N-ethyl adjacent to an activating group) is 1. The van der Waals surface area contributed by atoms with Gasteiger partial charge in [0, 0.05) is 30.5 Å². The monoisotopic (exact) mass is 292 g/mol. The lowest BCUT2D eigenvalue weighted by atomic mass is 10.0. The zero-order chi connectivity index (χ0) is 12.0. The lowest BCUT2D eigenvalue weighted by Gasteiger charge is -2.34. The Labute approximate surface area is 108 Å². The minimum absolute atomic E-state index is 0.196. The summed E-state index contributed by atoms with van der Waals surface area (Å²) in [6.45, 7) is 11.8. The number of hydrogen-bond acceptors (Lipinski definition) is 3. The summed E-state index contributed by atoms with van der Waals surface area (Å²) in [6.07, 6.45) is 1.49. The molecule has 0 spiro atoms. The molecule has 1 rings (SSSR count). The Morgan fingerprint density at radius 2 is 2.25 bits per heavy atom. The molecule has 96 valence electrons. The molecule has 0 radical (unpaired) electrons. The summed E-state index contributed by atoms with van der Waals surface area (Å²) in [6, 6.07) is 0. The first kappa shape index (κ1) is 14.4. The minimum atomic E-state index is 0.196. The first-order valence-electron chi connectivity index (χ1n) is 6.22. The Morgan fingerprint density at radius 3 is 2.88 bits per heavy atom. The van der Waals surface area contributed by atoms with Crippen LogP contribution in [-0.4, -0.2) is 54.7 Å². The summed E-state index contributed by atoms with van der Waals surface area (Å²) in [4.78, 5) is 2.45. The number of nitrogens with one attached hydrogen (secondary N) is 1. The van der Waals surface area contributed by atoms with Crippen LogP contribution in [0.1, 0.15) is 27.2 Å². The lowest BCUT2D eigenvalue weighted by Crippen LogP contribution is -2.50. The quantitative estimate of drug-likeness (QED) is 0.757. The third-order valence-corrected chi connectivity index (χ3v) is 3.59. The molecule has 1 aliphatic rings. The van der Waals surface area contributed by atoms with Crippen molar-refractivity contribution in [2.24, 2.45) is 0 Å². The van der Waals surface area contributed by atoms with E-state index in [-0.39, 0.29) is 5.54 Å². The summed E-state index contributed by atoms with van der Waals surface area (Å²) in [7, 11) is 0. The van der Waals surface area contributed by atoms with E-state index in [9.17, 15) is 0 Å². The molecule has 1 fully saturated rings. The number of hydrogen-bond donors (Lipinski definition) is 1. The van der Waals surface area contributed by atoms with Crippen LogP contribution < -0.4 is 5.32 Å². The van der Waals surface area contributed by atoms with E-state index >= 15 is 0 Å². The standard InChI is InChI=1S/C12H25BrN2O/c1-4-15-7-8-16-11(10-15)9-14-12(2,3)5-6-13/h11,14H,4-10H2,1-3H3. The topological polar surface area (TPSA) is 24.5 Å². The Hall–Kier alpha value is 0.360.